The molecule has 0 aromatic heterocycles. The van der Waals surface area contributed by atoms with Crippen molar-refractivity contribution in [1.82, 2.24) is 15.1 Å². The maximum atomic E-state index is 12.0. The second kappa shape index (κ2) is 8.09. The Labute approximate surface area is 121 Å². The number of nitrogens with one attached hydrogen (secondary N) is 1. The van der Waals surface area contributed by atoms with E-state index in [1.807, 2.05) is 13.8 Å². The number of rotatable bonds is 7. The zero-order chi connectivity index (χ0) is 15.1. The standard InChI is InChI=1S/C14H27N3O3/c1-11(2)12(10-13(18)19)15-14(20)16(3)8-9-17-6-4-5-7-17/h11-12H,4-10H2,1-3H3,(H,15,20)(H,18,19). The van der Waals surface area contributed by atoms with E-state index in [1.165, 1.54) is 12.8 Å². The largest absolute Gasteiger partial charge is 0.481 e. The number of likely N-dealkylation sites (N-methyl/N-ethyl adjacent to an activating group) is 1. The summed E-state index contributed by atoms with van der Waals surface area (Å²) in [4.78, 5) is 26.8. The van der Waals surface area contributed by atoms with Crippen LogP contribution in [0.2, 0.25) is 0 Å². The van der Waals surface area contributed by atoms with Gasteiger partial charge in [-0.15, -0.1) is 0 Å². The molecule has 20 heavy (non-hydrogen) atoms. The first-order chi connectivity index (χ1) is 9.40. The van der Waals surface area contributed by atoms with Crippen molar-refractivity contribution in [3.8, 4) is 0 Å². The normalized spacial score (nSPS) is 17.2. The third-order valence-corrected chi connectivity index (χ3v) is 3.81. The predicted octanol–water partition coefficient (Wildman–Crippen LogP) is 1.22. The van der Waals surface area contributed by atoms with Crippen LogP contribution in [0.15, 0.2) is 0 Å². The average molecular weight is 285 g/mol. The Balaban J connectivity index is 2.35. The molecule has 0 aromatic rings. The fraction of sp³-hybridized carbons (Fsp3) is 0.857. The van der Waals surface area contributed by atoms with Gasteiger partial charge in [0.05, 0.1) is 6.42 Å². The summed E-state index contributed by atoms with van der Waals surface area (Å²) in [5, 5.41) is 11.7. The van der Waals surface area contributed by atoms with Crippen LogP contribution in [-0.4, -0.2) is 66.2 Å². The molecule has 1 aliphatic heterocycles. The van der Waals surface area contributed by atoms with E-state index in [4.69, 9.17) is 5.11 Å². The molecule has 0 aliphatic carbocycles. The van der Waals surface area contributed by atoms with E-state index in [-0.39, 0.29) is 24.4 Å². The Morgan fingerprint density at radius 3 is 2.40 bits per heavy atom. The fourth-order valence-electron chi connectivity index (χ4n) is 2.31. The molecular formula is C14H27N3O3. The SMILES string of the molecule is CC(C)C(CC(=O)O)NC(=O)N(C)CCN1CCCC1. The molecule has 1 fully saturated rings. The van der Waals surface area contributed by atoms with Crippen molar-refractivity contribution in [1.29, 1.82) is 0 Å². The van der Waals surface area contributed by atoms with E-state index in [9.17, 15) is 9.59 Å². The molecule has 0 saturated carbocycles. The van der Waals surface area contributed by atoms with Crippen molar-refractivity contribution < 1.29 is 14.7 Å². The highest BCUT2D eigenvalue weighted by Crippen LogP contribution is 2.08. The van der Waals surface area contributed by atoms with Crippen molar-refractivity contribution in [3.05, 3.63) is 0 Å². The number of urea groups is 1. The van der Waals surface area contributed by atoms with Gasteiger partial charge >= 0.3 is 12.0 Å². The highest BCUT2D eigenvalue weighted by Gasteiger charge is 2.21. The van der Waals surface area contributed by atoms with Crippen LogP contribution >= 0.6 is 0 Å². The number of carboxylic acid groups (broad SMARTS) is 1. The Morgan fingerprint density at radius 2 is 1.90 bits per heavy atom. The van der Waals surface area contributed by atoms with E-state index in [0.29, 0.717) is 6.54 Å². The molecule has 1 unspecified atom stereocenters. The number of hydrogen-bond acceptors (Lipinski definition) is 3. The molecule has 0 spiro atoms. The quantitative estimate of drug-likeness (QED) is 0.738. The van der Waals surface area contributed by atoms with Gasteiger partial charge in [0.2, 0.25) is 0 Å². The molecule has 1 heterocycles. The summed E-state index contributed by atoms with van der Waals surface area (Å²) in [6, 6.07) is -0.515. The van der Waals surface area contributed by atoms with E-state index >= 15 is 0 Å². The third kappa shape index (κ3) is 5.77. The van der Waals surface area contributed by atoms with Crippen LogP contribution in [0.3, 0.4) is 0 Å². The van der Waals surface area contributed by atoms with Gasteiger partial charge in [-0.3, -0.25) is 4.79 Å². The van der Waals surface area contributed by atoms with Crippen molar-refractivity contribution in [2.45, 2.75) is 39.2 Å². The van der Waals surface area contributed by atoms with Crippen LogP contribution in [0.25, 0.3) is 0 Å². The van der Waals surface area contributed by atoms with E-state index in [0.717, 1.165) is 19.6 Å². The molecular weight excluding hydrogens is 258 g/mol. The number of hydrogen-bond donors (Lipinski definition) is 2. The minimum atomic E-state index is -0.885. The van der Waals surface area contributed by atoms with E-state index in [2.05, 4.69) is 10.2 Å². The topological polar surface area (TPSA) is 72.9 Å². The van der Waals surface area contributed by atoms with Gasteiger partial charge in [0.15, 0.2) is 0 Å². The number of likely N-dealkylation sites (tertiary alicyclic amines) is 1. The summed E-state index contributed by atoms with van der Waals surface area (Å²) in [7, 11) is 1.75. The van der Waals surface area contributed by atoms with Crippen molar-refractivity contribution in [3.63, 3.8) is 0 Å². The molecule has 1 atom stereocenters. The van der Waals surface area contributed by atoms with E-state index < -0.39 is 5.97 Å². The molecule has 1 saturated heterocycles. The molecule has 1 rings (SSSR count). The Hall–Kier alpha value is -1.30. The highest BCUT2D eigenvalue weighted by atomic mass is 16.4. The lowest BCUT2D eigenvalue weighted by molar-refractivity contribution is -0.137. The van der Waals surface area contributed by atoms with Crippen LogP contribution < -0.4 is 5.32 Å². The number of carbonyl (C=O) groups excluding carboxylic acids is 1. The van der Waals surface area contributed by atoms with Gasteiger partial charge < -0.3 is 20.2 Å². The zero-order valence-corrected chi connectivity index (χ0v) is 12.8. The second-order valence-corrected chi connectivity index (χ2v) is 5.87. The van der Waals surface area contributed by atoms with Crippen molar-refractivity contribution in [2.75, 3.05) is 33.2 Å². The lowest BCUT2D eigenvalue weighted by Crippen LogP contribution is -2.47. The van der Waals surface area contributed by atoms with E-state index in [1.54, 1.807) is 11.9 Å². The Morgan fingerprint density at radius 1 is 1.30 bits per heavy atom. The third-order valence-electron chi connectivity index (χ3n) is 3.81. The Bertz CT molecular complexity index is 328. The maximum absolute atomic E-state index is 12.0. The zero-order valence-electron chi connectivity index (χ0n) is 12.8. The maximum Gasteiger partial charge on any atom is 0.317 e. The first-order valence-electron chi connectivity index (χ1n) is 7.36. The van der Waals surface area contributed by atoms with Gasteiger partial charge in [0.1, 0.15) is 0 Å². The molecule has 116 valence electrons. The molecule has 1 aliphatic rings. The predicted molar refractivity (Wildman–Crippen MR) is 77.7 cm³/mol. The van der Waals surface area contributed by atoms with Gasteiger partial charge in [-0.1, -0.05) is 13.8 Å². The highest BCUT2D eigenvalue weighted by molar-refractivity contribution is 5.75. The lowest BCUT2D eigenvalue weighted by Gasteiger charge is -2.26. The number of nitrogens with zero attached hydrogens (tertiary/aromatic N) is 2. The van der Waals surface area contributed by atoms with Crippen molar-refractivity contribution >= 4 is 12.0 Å². The summed E-state index contributed by atoms with van der Waals surface area (Å²) in [6.45, 7) is 7.61. The van der Waals surface area contributed by atoms with Crippen LogP contribution in [0.5, 0.6) is 0 Å². The van der Waals surface area contributed by atoms with Crippen LogP contribution in [0.1, 0.15) is 33.1 Å². The molecule has 0 radical (unpaired) electrons. The Kier molecular flexibility index (Phi) is 6.78. The first-order valence-corrected chi connectivity index (χ1v) is 7.36. The number of aliphatic carboxylic acids is 1. The monoisotopic (exact) mass is 285 g/mol. The number of carbonyl (C=O) groups is 2. The van der Waals surface area contributed by atoms with Gasteiger partial charge in [-0.05, 0) is 31.8 Å². The molecule has 0 bridgehead atoms. The summed E-state index contributed by atoms with van der Waals surface area (Å²) < 4.78 is 0. The smallest absolute Gasteiger partial charge is 0.317 e. The first kappa shape index (κ1) is 16.8. The summed E-state index contributed by atoms with van der Waals surface area (Å²) in [6.07, 6.45) is 2.44. The second-order valence-electron chi connectivity index (χ2n) is 5.87. The average Bonchev–Trinajstić information content (AvgIpc) is 2.87. The molecule has 6 heteroatoms. The molecule has 0 aromatic carbocycles. The number of amides is 2. The van der Waals surface area contributed by atoms with Crippen molar-refractivity contribution in [2.24, 2.45) is 5.92 Å². The van der Waals surface area contributed by atoms with Gasteiger partial charge in [-0.25, -0.2) is 4.79 Å². The molecule has 6 nitrogen and oxygen atoms in total. The minimum Gasteiger partial charge on any atom is -0.481 e. The molecule has 2 N–H and O–H groups in total. The lowest BCUT2D eigenvalue weighted by atomic mass is 10.0. The summed E-state index contributed by atoms with van der Waals surface area (Å²) in [5.41, 5.74) is 0. The van der Waals surface area contributed by atoms with Gasteiger partial charge in [-0.2, -0.15) is 0 Å². The van der Waals surface area contributed by atoms with Crippen LogP contribution in [-0.2, 0) is 4.79 Å². The fourth-order valence-corrected chi connectivity index (χ4v) is 2.31. The summed E-state index contributed by atoms with van der Waals surface area (Å²) in [5.74, 6) is -0.786. The molecule has 2 amide bonds. The van der Waals surface area contributed by atoms with Gasteiger partial charge in [0.25, 0.3) is 0 Å². The summed E-state index contributed by atoms with van der Waals surface area (Å²) >= 11 is 0. The van der Waals surface area contributed by atoms with Crippen LogP contribution in [0.4, 0.5) is 4.79 Å². The van der Waals surface area contributed by atoms with Crippen LogP contribution in [0, 0.1) is 5.92 Å². The number of carboxylic acids is 1. The van der Waals surface area contributed by atoms with Gasteiger partial charge in [0, 0.05) is 26.2 Å². The minimum absolute atomic E-state index is 0.0383.